The lowest BCUT2D eigenvalue weighted by atomic mass is 10.2. The lowest BCUT2D eigenvalue weighted by molar-refractivity contribution is 0.684. The van der Waals surface area contributed by atoms with E-state index >= 15 is 0 Å². The molecule has 0 unspecified atom stereocenters. The van der Waals surface area contributed by atoms with E-state index < -0.39 is 0 Å². The molecule has 0 atom stereocenters. The summed E-state index contributed by atoms with van der Waals surface area (Å²) in [5.41, 5.74) is 1.05. The van der Waals surface area contributed by atoms with Gasteiger partial charge in [-0.2, -0.15) is 0 Å². The molecule has 92 valence electrons. The van der Waals surface area contributed by atoms with Crippen molar-refractivity contribution in [3.05, 3.63) is 44.6 Å². The van der Waals surface area contributed by atoms with Crippen LogP contribution in [-0.2, 0) is 6.54 Å². The number of H-pyrrole nitrogens is 1. The highest BCUT2D eigenvalue weighted by Gasteiger charge is 2.05. The van der Waals surface area contributed by atoms with Crippen molar-refractivity contribution in [2.45, 2.75) is 34.2 Å². The van der Waals surface area contributed by atoms with Crippen LogP contribution in [0.4, 0.5) is 0 Å². The fraction of sp³-hybridized carbons (Fsp3) is 0.385. The minimum atomic E-state index is -0.347. The highest BCUT2D eigenvalue weighted by atomic mass is 16.2. The molecule has 0 amide bonds. The van der Waals surface area contributed by atoms with Crippen LogP contribution in [0.25, 0.3) is 10.9 Å². The van der Waals surface area contributed by atoms with Crippen LogP contribution in [0.2, 0.25) is 0 Å². The van der Waals surface area contributed by atoms with Crippen molar-refractivity contribution in [1.29, 1.82) is 0 Å². The maximum atomic E-state index is 11.8. The maximum Gasteiger partial charge on any atom is 0.328 e. The van der Waals surface area contributed by atoms with Gasteiger partial charge in [-0.15, -0.1) is 0 Å². The van der Waals surface area contributed by atoms with Crippen molar-refractivity contribution >= 4 is 10.9 Å². The van der Waals surface area contributed by atoms with E-state index in [1.165, 1.54) is 4.57 Å². The summed E-state index contributed by atoms with van der Waals surface area (Å²) in [5.74, 6) is 0. The predicted molar refractivity (Wildman–Crippen MR) is 70.6 cm³/mol. The number of aryl methyl sites for hydroxylation is 1. The Morgan fingerprint density at radius 1 is 1.24 bits per heavy atom. The standard InChI is InChI=1S/C11H12N2O2.C2H6/c1-3-13-10(14)8-5-4-7(2)6-9(8)12-11(13)15;1-2/h4-6H,3H2,1-2H3,(H,12,15);1-2H3. The van der Waals surface area contributed by atoms with Crippen LogP contribution in [0.3, 0.4) is 0 Å². The molecule has 1 heterocycles. The second kappa shape index (κ2) is 5.48. The molecular weight excluding hydrogens is 216 g/mol. The van der Waals surface area contributed by atoms with Crippen molar-refractivity contribution in [2.24, 2.45) is 0 Å². The fourth-order valence-electron chi connectivity index (χ4n) is 1.66. The Bertz CT molecular complexity index is 623. The molecule has 0 radical (unpaired) electrons. The summed E-state index contributed by atoms with van der Waals surface area (Å²) in [5, 5.41) is 0.557. The molecule has 0 spiro atoms. The summed E-state index contributed by atoms with van der Waals surface area (Å²) in [6.45, 7) is 8.08. The Hall–Kier alpha value is -1.84. The summed E-state index contributed by atoms with van der Waals surface area (Å²) in [7, 11) is 0. The van der Waals surface area contributed by atoms with Gasteiger partial charge in [0.15, 0.2) is 0 Å². The highest BCUT2D eigenvalue weighted by molar-refractivity contribution is 5.77. The number of nitrogens with zero attached hydrogens (tertiary/aromatic N) is 1. The maximum absolute atomic E-state index is 11.8. The Labute approximate surface area is 99.9 Å². The average molecular weight is 234 g/mol. The molecule has 2 aromatic rings. The van der Waals surface area contributed by atoms with Gasteiger partial charge in [0.2, 0.25) is 0 Å². The van der Waals surface area contributed by atoms with E-state index in [1.54, 1.807) is 19.1 Å². The third-order valence-corrected chi connectivity index (χ3v) is 2.45. The van der Waals surface area contributed by atoms with E-state index in [4.69, 9.17) is 0 Å². The van der Waals surface area contributed by atoms with Crippen LogP contribution < -0.4 is 11.2 Å². The molecule has 2 rings (SSSR count). The van der Waals surface area contributed by atoms with Gasteiger partial charge in [-0.05, 0) is 31.5 Å². The first-order valence-corrected chi connectivity index (χ1v) is 5.87. The van der Waals surface area contributed by atoms with Gasteiger partial charge < -0.3 is 4.98 Å². The molecule has 0 bridgehead atoms. The van der Waals surface area contributed by atoms with Crippen molar-refractivity contribution in [3.63, 3.8) is 0 Å². The van der Waals surface area contributed by atoms with Crippen LogP contribution in [0, 0.1) is 6.92 Å². The minimum Gasteiger partial charge on any atom is -0.307 e. The Morgan fingerprint density at radius 2 is 1.88 bits per heavy atom. The second-order valence-electron chi connectivity index (χ2n) is 3.53. The van der Waals surface area contributed by atoms with Crippen LogP contribution in [0.1, 0.15) is 26.3 Å². The van der Waals surface area contributed by atoms with Crippen LogP contribution in [0.5, 0.6) is 0 Å². The molecule has 17 heavy (non-hydrogen) atoms. The summed E-state index contributed by atoms with van der Waals surface area (Å²) in [6, 6.07) is 5.41. The molecule has 0 aliphatic rings. The number of aromatic nitrogens is 2. The third-order valence-electron chi connectivity index (χ3n) is 2.45. The van der Waals surface area contributed by atoms with Gasteiger partial charge >= 0.3 is 5.69 Å². The highest BCUT2D eigenvalue weighted by Crippen LogP contribution is 2.07. The van der Waals surface area contributed by atoms with Crippen LogP contribution in [-0.4, -0.2) is 9.55 Å². The summed E-state index contributed by atoms with van der Waals surface area (Å²) >= 11 is 0. The molecule has 1 N–H and O–H groups in total. The van der Waals surface area contributed by atoms with E-state index in [-0.39, 0.29) is 11.2 Å². The van der Waals surface area contributed by atoms with Crippen molar-refractivity contribution < 1.29 is 0 Å². The van der Waals surface area contributed by atoms with Gasteiger partial charge in [-0.1, -0.05) is 19.9 Å². The van der Waals surface area contributed by atoms with Crippen LogP contribution in [0.15, 0.2) is 27.8 Å². The van der Waals surface area contributed by atoms with E-state index in [1.807, 2.05) is 26.8 Å². The number of aromatic amines is 1. The second-order valence-corrected chi connectivity index (χ2v) is 3.53. The molecule has 4 nitrogen and oxygen atoms in total. The zero-order chi connectivity index (χ0) is 13.0. The van der Waals surface area contributed by atoms with Crippen LogP contribution >= 0.6 is 0 Å². The van der Waals surface area contributed by atoms with Crippen molar-refractivity contribution in [1.82, 2.24) is 9.55 Å². The minimum absolute atomic E-state index is 0.226. The molecule has 1 aromatic carbocycles. The first-order chi connectivity index (χ1) is 8.13. The fourth-order valence-corrected chi connectivity index (χ4v) is 1.66. The molecular formula is C13H18N2O2. The number of hydrogen-bond donors (Lipinski definition) is 1. The molecule has 0 saturated heterocycles. The topological polar surface area (TPSA) is 54.9 Å². The number of rotatable bonds is 1. The van der Waals surface area contributed by atoms with Gasteiger partial charge in [-0.3, -0.25) is 9.36 Å². The predicted octanol–water partition coefficient (Wildman–Crippen LogP) is 2.04. The third kappa shape index (κ3) is 2.46. The van der Waals surface area contributed by atoms with Crippen molar-refractivity contribution in [2.75, 3.05) is 0 Å². The first-order valence-electron chi connectivity index (χ1n) is 5.87. The smallest absolute Gasteiger partial charge is 0.307 e. The monoisotopic (exact) mass is 234 g/mol. The first kappa shape index (κ1) is 13.2. The van der Waals surface area contributed by atoms with Gasteiger partial charge in [-0.25, -0.2) is 4.79 Å². The normalized spacial score (nSPS) is 9.88. The van der Waals surface area contributed by atoms with Gasteiger partial charge in [0, 0.05) is 6.54 Å². The lowest BCUT2D eigenvalue weighted by Gasteiger charge is -2.03. The molecule has 0 fully saturated rings. The van der Waals surface area contributed by atoms with Gasteiger partial charge in [0.05, 0.1) is 10.9 Å². The number of benzene rings is 1. The molecule has 0 aliphatic carbocycles. The van der Waals surface area contributed by atoms with E-state index in [0.29, 0.717) is 17.4 Å². The van der Waals surface area contributed by atoms with Gasteiger partial charge in [0.1, 0.15) is 0 Å². The molecule has 0 saturated carbocycles. The largest absolute Gasteiger partial charge is 0.328 e. The van der Waals surface area contributed by atoms with Crippen molar-refractivity contribution in [3.8, 4) is 0 Å². The SMILES string of the molecule is CC.CCn1c(=O)[nH]c2cc(C)ccc2c1=O. The average Bonchev–Trinajstić information content (AvgIpc) is 2.31. The van der Waals surface area contributed by atoms with E-state index in [2.05, 4.69) is 4.98 Å². The lowest BCUT2D eigenvalue weighted by Crippen LogP contribution is -2.34. The molecule has 4 heteroatoms. The Kier molecular flexibility index (Phi) is 4.26. The quantitative estimate of drug-likeness (QED) is 0.821. The zero-order valence-corrected chi connectivity index (χ0v) is 10.7. The Morgan fingerprint density at radius 3 is 2.47 bits per heavy atom. The molecule has 1 aromatic heterocycles. The zero-order valence-electron chi connectivity index (χ0n) is 10.7. The summed E-state index contributed by atoms with van der Waals surface area (Å²) < 4.78 is 1.19. The van der Waals surface area contributed by atoms with E-state index in [0.717, 1.165) is 5.56 Å². The molecule has 0 aliphatic heterocycles. The van der Waals surface area contributed by atoms with Gasteiger partial charge in [0.25, 0.3) is 5.56 Å². The Balaban J connectivity index is 0.000000686. The van der Waals surface area contributed by atoms with E-state index in [9.17, 15) is 9.59 Å². The summed E-state index contributed by atoms with van der Waals surface area (Å²) in [4.78, 5) is 26.0. The number of fused-ring (bicyclic) bond motifs is 1. The number of hydrogen-bond acceptors (Lipinski definition) is 2. The number of nitrogens with one attached hydrogen (secondary N) is 1. The summed E-state index contributed by atoms with van der Waals surface area (Å²) in [6.07, 6.45) is 0.